The highest BCUT2D eigenvalue weighted by Crippen LogP contribution is 2.77. The van der Waals surface area contributed by atoms with E-state index in [9.17, 15) is 5.11 Å². The van der Waals surface area contributed by atoms with Crippen molar-refractivity contribution in [3.8, 4) is 11.5 Å². The molecule has 4 nitrogen and oxygen atoms in total. The van der Waals surface area contributed by atoms with Crippen LogP contribution in [0, 0.1) is 23.2 Å². The summed E-state index contributed by atoms with van der Waals surface area (Å²) in [7, 11) is 1.78. The lowest BCUT2D eigenvalue weighted by Gasteiger charge is -2.75. The van der Waals surface area contributed by atoms with Crippen molar-refractivity contribution in [2.24, 2.45) is 23.2 Å². The highest BCUT2D eigenvalue weighted by atomic mass is 16.5. The number of hydrogen-bond donors (Lipinski definition) is 1. The average Bonchev–Trinajstić information content (AvgIpc) is 2.90. The molecule has 0 radical (unpaired) electrons. The Labute approximate surface area is 221 Å². The van der Waals surface area contributed by atoms with E-state index in [2.05, 4.69) is 56.0 Å². The maximum absolute atomic E-state index is 11.7. The smallest absolute Gasteiger partial charge is 0.142 e. The number of benzene rings is 2. The minimum Gasteiger partial charge on any atom is -0.507 e. The lowest BCUT2D eigenvalue weighted by Crippen LogP contribution is -2.71. The number of morpholine rings is 1. The van der Waals surface area contributed by atoms with E-state index in [1.54, 1.807) is 12.7 Å². The highest BCUT2D eigenvalue weighted by Gasteiger charge is 2.72. The summed E-state index contributed by atoms with van der Waals surface area (Å²) in [5.41, 5.74) is 7.07. The van der Waals surface area contributed by atoms with Crippen molar-refractivity contribution >= 4 is 22.0 Å². The van der Waals surface area contributed by atoms with Crippen LogP contribution in [0.1, 0.15) is 70.4 Å². The Bertz CT molecular complexity index is 1330. The van der Waals surface area contributed by atoms with Gasteiger partial charge in [0.05, 0.1) is 26.0 Å². The normalized spacial score (nSPS) is 31.5. The van der Waals surface area contributed by atoms with E-state index in [4.69, 9.17) is 9.47 Å². The standard InChI is InChI=1S/C33H41NO3/c1-5-8-25-20-11-12-26(20)33(25)27-19-29(35)22-17-28(34-13-15-37-16-14-34)30(36-4)18-23(22)31(27)21-9-6-7-10-24(21)32(33,2)3/h7,10,17-20,25-26,35H,5-6,8-9,11-16H2,1-4H3/t20?,25-,26?,33+/m0/s1. The molecule has 0 amide bonds. The molecule has 2 aromatic rings. The van der Waals surface area contributed by atoms with Gasteiger partial charge in [0.1, 0.15) is 11.5 Å². The fraction of sp³-hybridized carbons (Fsp3) is 0.576. The van der Waals surface area contributed by atoms with Gasteiger partial charge in [-0.3, -0.25) is 0 Å². The van der Waals surface area contributed by atoms with Crippen LogP contribution in [-0.2, 0) is 10.2 Å². The fourth-order valence-corrected chi connectivity index (χ4v) is 9.50. The Balaban J connectivity index is 1.53. The molecule has 1 saturated heterocycles. The van der Waals surface area contributed by atoms with Crippen LogP contribution in [0.25, 0.3) is 16.3 Å². The Morgan fingerprint density at radius 2 is 1.92 bits per heavy atom. The lowest BCUT2D eigenvalue weighted by atomic mass is 9.28. The number of anilines is 1. The maximum Gasteiger partial charge on any atom is 0.142 e. The van der Waals surface area contributed by atoms with Gasteiger partial charge < -0.3 is 19.5 Å². The van der Waals surface area contributed by atoms with E-state index in [0.29, 0.717) is 17.6 Å². The van der Waals surface area contributed by atoms with E-state index >= 15 is 0 Å². The van der Waals surface area contributed by atoms with Gasteiger partial charge in [-0.15, -0.1) is 0 Å². The summed E-state index contributed by atoms with van der Waals surface area (Å²) in [5, 5.41) is 13.8. The number of fused-ring (bicyclic) bond motifs is 7. The minimum atomic E-state index is 0.0472. The van der Waals surface area contributed by atoms with Gasteiger partial charge >= 0.3 is 0 Å². The molecule has 1 heterocycles. The quantitative estimate of drug-likeness (QED) is 0.482. The first kappa shape index (κ1) is 23.6. The molecular formula is C33H41NO3. The second-order valence-electron chi connectivity index (χ2n) is 12.6. The first-order valence-corrected chi connectivity index (χ1v) is 14.6. The van der Waals surface area contributed by atoms with Gasteiger partial charge in [-0.25, -0.2) is 0 Å². The Morgan fingerprint density at radius 1 is 1.11 bits per heavy atom. The molecule has 0 bridgehead atoms. The van der Waals surface area contributed by atoms with Crippen molar-refractivity contribution in [3.63, 3.8) is 0 Å². The molecule has 7 rings (SSSR count). The predicted octanol–water partition coefficient (Wildman–Crippen LogP) is 7.23. The van der Waals surface area contributed by atoms with Crippen molar-refractivity contribution < 1.29 is 14.6 Å². The third kappa shape index (κ3) is 2.89. The fourth-order valence-electron chi connectivity index (χ4n) is 9.50. The first-order valence-electron chi connectivity index (χ1n) is 14.6. The SMILES string of the molecule is CCC[C@H]1C2CCC2[C@@]12c1cc(O)c3cc(N4CCOCC4)c(OC)cc3c1C1=C(C=CCC1)C2(C)C. The summed E-state index contributed by atoms with van der Waals surface area (Å²) in [5.74, 6) is 3.57. The number of phenolic OH excluding ortho intramolecular Hbond substituents is 1. The van der Waals surface area contributed by atoms with Crippen LogP contribution in [0.15, 0.2) is 35.9 Å². The van der Waals surface area contributed by atoms with Gasteiger partial charge in [0, 0.05) is 29.3 Å². The van der Waals surface area contributed by atoms with E-state index in [-0.39, 0.29) is 10.8 Å². The summed E-state index contributed by atoms with van der Waals surface area (Å²) < 4.78 is 11.6. The third-order valence-corrected chi connectivity index (χ3v) is 11.0. The number of hydrogen-bond acceptors (Lipinski definition) is 4. The minimum absolute atomic E-state index is 0.0472. The zero-order valence-corrected chi connectivity index (χ0v) is 22.9. The average molecular weight is 500 g/mol. The molecule has 4 atom stereocenters. The summed E-state index contributed by atoms with van der Waals surface area (Å²) in [6.45, 7) is 10.5. The van der Waals surface area contributed by atoms with E-state index in [0.717, 1.165) is 61.9 Å². The highest BCUT2D eigenvalue weighted by molar-refractivity contribution is 6.04. The summed E-state index contributed by atoms with van der Waals surface area (Å²) in [6, 6.07) is 6.62. The molecule has 1 spiro atoms. The molecule has 4 aliphatic carbocycles. The van der Waals surface area contributed by atoms with Gasteiger partial charge in [-0.1, -0.05) is 39.3 Å². The predicted molar refractivity (Wildman–Crippen MR) is 151 cm³/mol. The van der Waals surface area contributed by atoms with Gasteiger partial charge in [0.2, 0.25) is 0 Å². The molecular weight excluding hydrogens is 458 g/mol. The molecule has 3 fully saturated rings. The van der Waals surface area contributed by atoms with Crippen LogP contribution in [0.2, 0.25) is 0 Å². The second-order valence-corrected chi connectivity index (χ2v) is 12.6. The number of methoxy groups -OCH3 is 1. The molecule has 4 heteroatoms. The Kier molecular flexibility index (Phi) is 5.28. The van der Waals surface area contributed by atoms with E-state index < -0.39 is 0 Å². The number of ether oxygens (including phenoxy) is 2. The van der Waals surface area contributed by atoms with Crippen molar-refractivity contribution in [2.75, 3.05) is 38.3 Å². The number of allylic oxidation sites excluding steroid dienone is 4. The van der Waals surface area contributed by atoms with Crippen LogP contribution in [0.3, 0.4) is 0 Å². The third-order valence-electron chi connectivity index (χ3n) is 11.0. The number of aromatic hydroxyl groups is 1. The lowest BCUT2D eigenvalue weighted by molar-refractivity contribution is -0.181. The monoisotopic (exact) mass is 499 g/mol. The van der Waals surface area contributed by atoms with E-state index in [1.165, 1.54) is 47.8 Å². The molecule has 2 unspecified atom stereocenters. The molecule has 2 aromatic carbocycles. The molecule has 37 heavy (non-hydrogen) atoms. The van der Waals surface area contributed by atoms with Crippen molar-refractivity contribution in [1.29, 1.82) is 0 Å². The van der Waals surface area contributed by atoms with Crippen molar-refractivity contribution in [3.05, 3.63) is 47.1 Å². The van der Waals surface area contributed by atoms with Crippen LogP contribution in [-0.4, -0.2) is 38.5 Å². The van der Waals surface area contributed by atoms with Crippen molar-refractivity contribution in [1.82, 2.24) is 0 Å². The zero-order chi connectivity index (χ0) is 25.5. The number of rotatable bonds is 4. The molecule has 0 aromatic heterocycles. The van der Waals surface area contributed by atoms with Crippen LogP contribution < -0.4 is 9.64 Å². The Hall–Kier alpha value is -2.46. The zero-order valence-electron chi connectivity index (χ0n) is 22.9. The number of phenols is 1. The molecule has 196 valence electrons. The van der Waals surface area contributed by atoms with Crippen molar-refractivity contribution in [2.45, 2.75) is 64.7 Å². The summed E-state index contributed by atoms with van der Waals surface area (Å²) in [6.07, 6.45) is 12.2. The Morgan fingerprint density at radius 3 is 2.62 bits per heavy atom. The van der Waals surface area contributed by atoms with E-state index in [1.807, 2.05) is 0 Å². The second kappa shape index (κ2) is 8.27. The van der Waals surface area contributed by atoms with Crippen LogP contribution in [0.4, 0.5) is 5.69 Å². The van der Waals surface area contributed by atoms with Gasteiger partial charge in [0.15, 0.2) is 0 Å². The number of nitrogens with zero attached hydrogens (tertiary/aromatic N) is 1. The summed E-state index contributed by atoms with van der Waals surface area (Å²) in [4.78, 5) is 2.33. The van der Waals surface area contributed by atoms with Gasteiger partial charge in [-0.05, 0) is 95.7 Å². The molecule has 1 N–H and O–H groups in total. The first-order chi connectivity index (χ1) is 17.9. The van der Waals surface area contributed by atoms with Gasteiger partial charge in [-0.2, -0.15) is 0 Å². The van der Waals surface area contributed by atoms with Crippen LogP contribution >= 0.6 is 0 Å². The summed E-state index contributed by atoms with van der Waals surface area (Å²) >= 11 is 0. The van der Waals surface area contributed by atoms with Gasteiger partial charge in [0.25, 0.3) is 0 Å². The molecule has 5 aliphatic rings. The van der Waals surface area contributed by atoms with Crippen LogP contribution in [0.5, 0.6) is 11.5 Å². The molecule has 2 saturated carbocycles. The maximum atomic E-state index is 11.7. The topological polar surface area (TPSA) is 41.9 Å². The largest absolute Gasteiger partial charge is 0.507 e. The molecule has 1 aliphatic heterocycles.